The lowest BCUT2D eigenvalue weighted by atomic mass is 9.67. The predicted octanol–water partition coefficient (Wildman–Crippen LogP) is 7.54. The number of nitrogens with zero attached hydrogens (tertiary/aromatic N) is 5. The van der Waals surface area contributed by atoms with E-state index in [1.165, 1.54) is 44.8 Å². The fraction of sp³-hybridized carbons (Fsp3) is 0.558. The Morgan fingerprint density at radius 2 is 1.72 bits per heavy atom. The van der Waals surface area contributed by atoms with Crippen LogP contribution in [0.25, 0.3) is 33.3 Å². The third kappa shape index (κ3) is 10.1. The van der Waals surface area contributed by atoms with E-state index in [1.807, 2.05) is 18.3 Å². The molecule has 360 valence electrons. The van der Waals surface area contributed by atoms with Crippen molar-refractivity contribution in [1.29, 1.82) is 0 Å². The summed E-state index contributed by atoms with van der Waals surface area (Å²) in [5.74, 6) is -1.42. The average Bonchev–Trinajstić information content (AvgIpc) is 3.64. The number of hydrogen-bond donors (Lipinski definition) is 2. The molecule has 2 amide bonds. The number of carbonyl (C=O) groups excluding carboxylic acids is 4. The highest BCUT2D eigenvalue weighted by molar-refractivity contribution is 5.97. The summed E-state index contributed by atoms with van der Waals surface area (Å²) in [7, 11) is 3.07. The first-order valence-electron chi connectivity index (χ1n) is 24.1. The molecule has 0 radical (unpaired) electrons. The molecular formula is C52H69N7O8. The number of piperidine rings is 1. The maximum absolute atomic E-state index is 14.2. The zero-order valence-electron chi connectivity index (χ0n) is 40.8. The Bertz CT molecular complexity index is 2490. The number of amides is 2. The van der Waals surface area contributed by atoms with Crippen molar-refractivity contribution in [3.8, 4) is 22.4 Å². The molecule has 0 saturated carbocycles. The van der Waals surface area contributed by atoms with Gasteiger partial charge in [-0.3, -0.25) is 29.3 Å². The zero-order valence-corrected chi connectivity index (χ0v) is 40.8. The standard InChI is InChI=1S/C52H69N7O8/c1-10-58-42-20-19-35(34-16-13-15-33(25-34)26-41(54-50(63)67-51(3,4)5)48(61)59-22-14-18-40(55-59)49(62)65-9)27-38(42)43-44(52(6,7)31-66-32(2)60)47(64-8)45-39(46(43)58)28-37(29-53-45)57-24-23-56-21-12-11-17-36(56)30-57/h13,15-16,19-20,25,27-29,36,40-41,44,47,55H,10-12,14,17-18,21-24,26,30-31H2,1-9H3,(H,54,63)/t36-,40+,41?,44?,47+/m1/s1. The maximum atomic E-state index is 14.2. The van der Waals surface area contributed by atoms with Crippen molar-refractivity contribution in [1.82, 2.24) is 30.2 Å². The third-order valence-corrected chi connectivity index (χ3v) is 14.0. The highest BCUT2D eigenvalue weighted by atomic mass is 16.6. The summed E-state index contributed by atoms with van der Waals surface area (Å²) in [6.45, 7) is 18.6. The van der Waals surface area contributed by atoms with Gasteiger partial charge in [0.2, 0.25) is 0 Å². The molecule has 1 aliphatic carbocycles. The fourth-order valence-corrected chi connectivity index (χ4v) is 10.9. The minimum absolute atomic E-state index is 0.167. The number of rotatable bonds is 12. The van der Waals surface area contributed by atoms with Crippen LogP contribution in [-0.4, -0.2) is 121 Å². The molecule has 15 heteroatoms. The smallest absolute Gasteiger partial charge is 0.408 e. The Balaban J connectivity index is 1.19. The van der Waals surface area contributed by atoms with Crippen molar-refractivity contribution in [3.05, 3.63) is 71.5 Å². The number of pyridine rings is 1. The first-order valence-corrected chi connectivity index (χ1v) is 24.1. The van der Waals surface area contributed by atoms with E-state index in [0.29, 0.717) is 32.0 Å². The maximum Gasteiger partial charge on any atom is 0.408 e. The second kappa shape index (κ2) is 19.6. The lowest BCUT2D eigenvalue weighted by Gasteiger charge is -2.45. The number of aromatic nitrogens is 2. The Kier molecular flexibility index (Phi) is 14.0. The van der Waals surface area contributed by atoms with Crippen LogP contribution in [0.15, 0.2) is 54.7 Å². The molecule has 3 fully saturated rings. The van der Waals surface area contributed by atoms with Gasteiger partial charge in [0.15, 0.2) is 0 Å². The Hall–Kier alpha value is -5.51. The van der Waals surface area contributed by atoms with E-state index in [0.717, 1.165) is 75.4 Å². The van der Waals surface area contributed by atoms with E-state index in [-0.39, 0.29) is 30.8 Å². The van der Waals surface area contributed by atoms with Crippen LogP contribution >= 0.6 is 0 Å². The number of carbonyl (C=O) groups is 4. The Morgan fingerprint density at radius 3 is 2.45 bits per heavy atom. The number of nitrogens with one attached hydrogen (secondary N) is 2. The van der Waals surface area contributed by atoms with Crippen LogP contribution in [-0.2, 0) is 46.3 Å². The molecule has 3 aliphatic heterocycles. The van der Waals surface area contributed by atoms with E-state index in [9.17, 15) is 19.2 Å². The average molecular weight is 920 g/mol. The molecule has 2 N–H and O–H groups in total. The van der Waals surface area contributed by atoms with E-state index in [1.54, 1.807) is 27.9 Å². The van der Waals surface area contributed by atoms with Crippen LogP contribution in [0.1, 0.15) is 109 Å². The van der Waals surface area contributed by atoms with Gasteiger partial charge in [-0.25, -0.2) is 10.2 Å². The van der Waals surface area contributed by atoms with Gasteiger partial charge in [-0.05, 0) is 100 Å². The minimum Gasteiger partial charge on any atom is -0.468 e. The van der Waals surface area contributed by atoms with E-state index in [4.69, 9.17) is 23.9 Å². The summed E-state index contributed by atoms with van der Waals surface area (Å²) in [6, 6.07) is 15.8. The van der Waals surface area contributed by atoms with Gasteiger partial charge in [-0.15, -0.1) is 0 Å². The van der Waals surface area contributed by atoms with Gasteiger partial charge in [-0.1, -0.05) is 50.6 Å². The van der Waals surface area contributed by atoms with Gasteiger partial charge in [0.25, 0.3) is 5.91 Å². The minimum atomic E-state index is -1.00. The van der Waals surface area contributed by atoms with Gasteiger partial charge >= 0.3 is 18.0 Å². The zero-order chi connectivity index (χ0) is 47.8. The van der Waals surface area contributed by atoms with Crippen LogP contribution in [0.2, 0.25) is 0 Å². The summed E-state index contributed by atoms with van der Waals surface area (Å²) in [4.78, 5) is 62.6. The van der Waals surface area contributed by atoms with Crippen molar-refractivity contribution in [3.63, 3.8) is 0 Å². The number of alkyl carbamates (subject to hydrolysis) is 1. The van der Waals surface area contributed by atoms with E-state index >= 15 is 0 Å². The predicted molar refractivity (Wildman–Crippen MR) is 257 cm³/mol. The molecule has 2 aromatic carbocycles. The van der Waals surface area contributed by atoms with Crippen LogP contribution in [0.4, 0.5) is 10.5 Å². The largest absolute Gasteiger partial charge is 0.468 e. The molecule has 5 atom stereocenters. The lowest BCUT2D eigenvalue weighted by Crippen LogP contribution is -2.60. The molecule has 3 saturated heterocycles. The molecule has 15 nitrogen and oxygen atoms in total. The van der Waals surface area contributed by atoms with Crippen molar-refractivity contribution < 1.29 is 38.1 Å². The van der Waals surface area contributed by atoms with Gasteiger partial charge < -0.3 is 33.7 Å². The van der Waals surface area contributed by atoms with Crippen molar-refractivity contribution >= 4 is 40.5 Å². The second-order valence-electron chi connectivity index (χ2n) is 20.3. The number of piperazine rings is 1. The second-order valence-corrected chi connectivity index (χ2v) is 20.3. The van der Waals surface area contributed by atoms with Crippen LogP contribution in [0, 0.1) is 5.41 Å². The van der Waals surface area contributed by atoms with Gasteiger partial charge in [0, 0.05) is 87.0 Å². The molecule has 0 spiro atoms. The summed E-state index contributed by atoms with van der Waals surface area (Å²) >= 11 is 0. The SMILES string of the molecule is CCn1c2c(c3cc(-c4cccc(CC(NC(=O)OC(C)(C)C)C(=O)N5CCC[C@@H](C(=O)OC)N5)c4)ccc31)C(C(C)(C)COC(C)=O)[C@H](OC)c1ncc(N3CCN4CCCC[C@@H]4C3)cc1-2. The van der Waals surface area contributed by atoms with Crippen LogP contribution < -0.4 is 15.6 Å². The molecule has 8 rings (SSSR count). The van der Waals surface area contributed by atoms with Gasteiger partial charge in [0.05, 0.1) is 37.0 Å². The topological polar surface area (TPSA) is 157 Å². The number of ether oxygens (including phenoxy) is 4. The number of esters is 2. The fourth-order valence-electron chi connectivity index (χ4n) is 10.9. The molecular weight excluding hydrogens is 851 g/mol. The normalized spacial score (nSPS) is 21.4. The number of benzene rings is 2. The highest BCUT2D eigenvalue weighted by Crippen LogP contribution is 2.57. The van der Waals surface area contributed by atoms with Crippen molar-refractivity contribution in [2.75, 3.05) is 58.5 Å². The third-order valence-electron chi connectivity index (χ3n) is 14.0. The first kappa shape index (κ1) is 48.0. The monoisotopic (exact) mass is 920 g/mol. The molecule has 2 unspecified atom stereocenters. The van der Waals surface area contributed by atoms with Gasteiger partial charge in [-0.2, -0.15) is 0 Å². The van der Waals surface area contributed by atoms with Crippen molar-refractivity contribution in [2.45, 2.75) is 129 Å². The molecule has 0 bridgehead atoms. The molecule has 67 heavy (non-hydrogen) atoms. The molecule has 4 aliphatic rings. The number of hydrazine groups is 1. The number of methoxy groups -OCH3 is 2. The first-order chi connectivity index (χ1) is 32.0. The van der Waals surface area contributed by atoms with Gasteiger partial charge in [0.1, 0.15) is 23.8 Å². The molecule has 2 aromatic heterocycles. The van der Waals surface area contributed by atoms with Crippen molar-refractivity contribution in [2.24, 2.45) is 5.41 Å². The molecule has 5 heterocycles. The van der Waals surface area contributed by atoms with E-state index in [2.05, 4.69) is 82.3 Å². The quantitative estimate of drug-likeness (QED) is 0.107. The lowest BCUT2D eigenvalue weighted by molar-refractivity contribution is -0.150. The Morgan fingerprint density at radius 1 is 0.925 bits per heavy atom. The highest BCUT2D eigenvalue weighted by Gasteiger charge is 2.47. The summed E-state index contributed by atoms with van der Waals surface area (Å²) in [6.07, 6.45) is 5.93. The Labute approximate surface area is 394 Å². The van der Waals surface area contributed by atoms with Crippen LogP contribution in [0.5, 0.6) is 0 Å². The summed E-state index contributed by atoms with van der Waals surface area (Å²) in [5, 5.41) is 5.31. The number of fused-ring (bicyclic) bond motifs is 6. The molecule has 4 aromatic rings. The van der Waals surface area contributed by atoms with Crippen LogP contribution in [0.3, 0.4) is 0 Å². The van der Waals surface area contributed by atoms with E-state index < -0.39 is 41.3 Å². The summed E-state index contributed by atoms with van der Waals surface area (Å²) in [5.41, 5.74) is 10.8. The summed E-state index contributed by atoms with van der Waals surface area (Å²) < 4.78 is 25.3. The number of anilines is 1. The number of aryl methyl sites for hydroxylation is 1. The number of hydrogen-bond acceptors (Lipinski definition) is 12.